The van der Waals surface area contributed by atoms with Gasteiger partial charge in [0, 0.05) is 34.5 Å². The first-order chi connectivity index (χ1) is 8.24. The Morgan fingerprint density at radius 2 is 2.18 bits per heavy atom. The summed E-state index contributed by atoms with van der Waals surface area (Å²) in [5.41, 5.74) is 8.64. The van der Waals surface area contributed by atoms with Gasteiger partial charge in [0.1, 0.15) is 5.82 Å². The van der Waals surface area contributed by atoms with E-state index >= 15 is 0 Å². The van der Waals surface area contributed by atoms with Gasteiger partial charge in [0.05, 0.1) is 5.69 Å². The average molecular weight is 292 g/mol. The minimum Gasteiger partial charge on any atom is -0.369 e. The predicted octanol–water partition coefficient (Wildman–Crippen LogP) is 1.85. The summed E-state index contributed by atoms with van der Waals surface area (Å²) < 4.78 is 0.923. The second-order valence-electron chi connectivity index (χ2n) is 3.83. The number of nitrogens with two attached hydrogens (primary N) is 1. The molecule has 0 aliphatic carbocycles. The molecule has 86 valence electrons. The van der Waals surface area contributed by atoms with Gasteiger partial charge in [-0.2, -0.15) is 4.98 Å². The number of halogens is 1. The predicted molar refractivity (Wildman–Crippen MR) is 69.6 cm³/mol. The lowest BCUT2D eigenvalue weighted by Crippen LogP contribution is -2.01. The van der Waals surface area contributed by atoms with E-state index in [-0.39, 0.29) is 5.95 Å². The van der Waals surface area contributed by atoms with Gasteiger partial charge in [-0.25, -0.2) is 4.98 Å². The molecule has 1 aliphatic rings. The quantitative estimate of drug-likeness (QED) is 0.839. The van der Waals surface area contributed by atoms with Crippen molar-refractivity contribution in [3.05, 3.63) is 28.5 Å². The van der Waals surface area contributed by atoms with Crippen molar-refractivity contribution >= 4 is 27.7 Å². The van der Waals surface area contributed by atoms with Crippen LogP contribution >= 0.6 is 15.9 Å². The molecule has 6 heteroatoms. The van der Waals surface area contributed by atoms with Crippen molar-refractivity contribution in [1.29, 1.82) is 0 Å². The van der Waals surface area contributed by atoms with Crippen LogP contribution in [0, 0.1) is 0 Å². The second kappa shape index (κ2) is 3.96. The van der Waals surface area contributed by atoms with Gasteiger partial charge in [-0.15, -0.1) is 0 Å². The largest absolute Gasteiger partial charge is 0.369 e. The van der Waals surface area contributed by atoms with Gasteiger partial charge in [-0.3, -0.25) is 4.98 Å². The topological polar surface area (TPSA) is 76.7 Å². The molecule has 0 unspecified atom stereocenters. The summed E-state index contributed by atoms with van der Waals surface area (Å²) in [5.74, 6) is 1.13. The molecule has 0 atom stereocenters. The third kappa shape index (κ3) is 1.84. The number of nitrogen functional groups attached to an aromatic ring is 1. The molecule has 0 saturated heterocycles. The van der Waals surface area contributed by atoms with E-state index < -0.39 is 0 Å². The van der Waals surface area contributed by atoms with E-state index in [1.807, 2.05) is 6.07 Å². The Balaban J connectivity index is 2.21. The van der Waals surface area contributed by atoms with Gasteiger partial charge in [-0.1, -0.05) is 0 Å². The first-order valence-corrected chi connectivity index (χ1v) is 6.04. The van der Waals surface area contributed by atoms with Crippen LogP contribution in [-0.2, 0) is 6.42 Å². The summed E-state index contributed by atoms with van der Waals surface area (Å²) in [6.45, 7) is 0.877. The average Bonchev–Trinajstić information content (AvgIpc) is 2.75. The molecule has 1 aliphatic heterocycles. The molecular formula is C11H10BrN5. The summed E-state index contributed by atoms with van der Waals surface area (Å²) in [7, 11) is 0. The van der Waals surface area contributed by atoms with Crippen molar-refractivity contribution in [3.63, 3.8) is 0 Å². The normalized spacial score (nSPS) is 13.2. The number of anilines is 2. The summed E-state index contributed by atoms with van der Waals surface area (Å²) in [4.78, 5) is 12.7. The summed E-state index contributed by atoms with van der Waals surface area (Å²) >= 11 is 3.41. The first-order valence-electron chi connectivity index (χ1n) is 5.25. The SMILES string of the molecule is Nc1nc2c(c(-c3cncc(Br)c3)n1)CCN2. The fourth-order valence-electron chi connectivity index (χ4n) is 1.97. The Bertz CT molecular complexity index is 584. The third-order valence-corrected chi connectivity index (χ3v) is 3.10. The van der Waals surface area contributed by atoms with E-state index in [1.54, 1.807) is 12.4 Å². The molecule has 0 saturated carbocycles. The Hall–Kier alpha value is -1.69. The van der Waals surface area contributed by atoms with E-state index in [0.29, 0.717) is 0 Å². The van der Waals surface area contributed by atoms with Crippen molar-refractivity contribution in [2.45, 2.75) is 6.42 Å². The third-order valence-electron chi connectivity index (χ3n) is 2.67. The molecule has 5 nitrogen and oxygen atoms in total. The Morgan fingerprint density at radius 1 is 1.29 bits per heavy atom. The monoisotopic (exact) mass is 291 g/mol. The second-order valence-corrected chi connectivity index (χ2v) is 4.74. The Kier molecular flexibility index (Phi) is 2.44. The number of fused-ring (bicyclic) bond motifs is 1. The van der Waals surface area contributed by atoms with Gasteiger partial charge in [0.25, 0.3) is 0 Å². The van der Waals surface area contributed by atoms with Crippen molar-refractivity contribution in [3.8, 4) is 11.3 Å². The molecule has 3 heterocycles. The highest BCUT2D eigenvalue weighted by Crippen LogP contribution is 2.31. The molecule has 0 fully saturated rings. The zero-order valence-electron chi connectivity index (χ0n) is 8.94. The van der Waals surface area contributed by atoms with Crippen molar-refractivity contribution < 1.29 is 0 Å². The van der Waals surface area contributed by atoms with Crippen LogP contribution in [0.25, 0.3) is 11.3 Å². The Labute approximate surface area is 107 Å². The fraction of sp³-hybridized carbons (Fsp3) is 0.182. The first kappa shape index (κ1) is 10.5. The lowest BCUT2D eigenvalue weighted by Gasteiger charge is -2.07. The summed E-state index contributed by atoms with van der Waals surface area (Å²) in [5, 5.41) is 3.20. The van der Waals surface area contributed by atoms with Crippen LogP contribution in [0.15, 0.2) is 22.9 Å². The van der Waals surface area contributed by atoms with Gasteiger partial charge < -0.3 is 11.1 Å². The summed E-state index contributed by atoms with van der Waals surface area (Å²) in [6.07, 6.45) is 4.44. The van der Waals surface area contributed by atoms with Crippen LogP contribution in [0.2, 0.25) is 0 Å². The standard InChI is InChI=1S/C11H10BrN5/c12-7-3-6(4-14-5-7)9-8-1-2-15-10(8)17-11(13)16-9/h3-5H,1-2H2,(H3,13,15,16,17). The van der Waals surface area contributed by atoms with E-state index in [2.05, 4.69) is 36.2 Å². The zero-order valence-corrected chi connectivity index (χ0v) is 10.5. The van der Waals surface area contributed by atoms with Crippen molar-refractivity contribution in [1.82, 2.24) is 15.0 Å². The lowest BCUT2D eigenvalue weighted by molar-refractivity contribution is 1.09. The number of nitrogens with zero attached hydrogens (tertiary/aromatic N) is 3. The zero-order chi connectivity index (χ0) is 11.8. The molecular weight excluding hydrogens is 282 g/mol. The van der Waals surface area contributed by atoms with Crippen LogP contribution in [-0.4, -0.2) is 21.5 Å². The van der Waals surface area contributed by atoms with Crippen LogP contribution in [0.3, 0.4) is 0 Å². The lowest BCUT2D eigenvalue weighted by atomic mass is 10.1. The van der Waals surface area contributed by atoms with E-state index in [9.17, 15) is 0 Å². The number of aromatic nitrogens is 3. The summed E-state index contributed by atoms with van der Waals surface area (Å²) in [6, 6.07) is 1.98. The molecule has 0 bridgehead atoms. The molecule has 0 spiro atoms. The highest BCUT2D eigenvalue weighted by molar-refractivity contribution is 9.10. The molecule has 17 heavy (non-hydrogen) atoms. The van der Waals surface area contributed by atoms with E-state index in [1.165, 1.54) is 0 Å². The Morgan fingerprint density at radius 3 is 3.00 bits per heavy atom. The van der Waals surface area contributed by atoms with Crippen LogP contribution in [0.4, 0.5) is 11.8 Å². The van der Waals surface area contributed by atoms with E-state index in [4.69, 9.17) is 5.73 Å². The molecule has 3 N–H and O–H groups in total. The number of pyridine rings is 1. The number of hydrogen-bond acceptors (Lipinski definition) is 5. The maximum absolute atomic E-state index is 5.71. The number of rotatable bonds is 1. The molecule has 2 aromatic rings. The molecule has 0 aromatic carbocycles. The van der Waals surface area contributed by atoms with Gasteiger partial charge in [0.2, 0.25) is 5.95 Å². The molecule has 0 radical (unpaired) electrons. The smallest absolute Gasteiger partial charge is 0.222 e. The molecule has 2 aromatic heterocycles. The van der Waals surface area contributed by atoms with E-state index in [0.717, 1.165) is 40.1 Å². The van der Waals surface area contributed by atoms with Crippen LogP contribution in [0.5, 0.6) is 0 Å². The van der Waals surface area contributed by atoms with Gasteiger partial charge in [-0.05, 0) is 28.4 Å². The maximum atomic E-state index is 5.71. The van der Waals surface area contributed by atoms with Gasteiger partial charge in [0.15, 0.2) is 0 Å². The van der Waals surface area contributed by atoms with Crippen LogP contribution < -0.4 is 11.1 Å². The molecule has 0 amide bonds. The minimum atomic E-state index is 0.285. The number of nitrogens with one attached hydrogen (secondary N) is 1. The highest BCUT2D eigenvalue weighted by Gasteiger charge is 2.19. The molecule has 3 rings (SSSR count). The minimum absolute atomic E-state index is 0.285. The fourth-order valence-corrected chi connectivity index (χ4v) is 2.34. The van der Waals surface area contributed by atoms with Crippen molar-refractivity contribution in [2.24, 2.45) is 0 Å². The highest BCUT2D eigenvalue weighted by atomic mass is 79.9. The van der Waals surface area contributed by atoms with Crippen molar-refractivity contribution in [2.75, 3.05) is 17.6 Å². The van der Waals surface area contributed by atoms with Crippen LogP contribution in [0.1, 0.15) is 5.56 Å². The maximum Gasteiger partial charge on any atom is 0.222 e. The van der Waals surface area contributed by atoms with Gasteiger partial charge >= 0.3 is 0 Å². The number of hydrogen-bond donors (Lipinski definition) is 2.